The van der Waals surface area contributed by atoms with Crippen LogP contribution in [-0.2, 0) is 0 Å². The third kappa shape index (κ3) is 4.53. The summed E-state index contributed by atoms with van der Waals surface area (Å²) >= 11 is 0. The second-order valence-electron chi connectivity index (χ2n) is 14.0. The first-order valence-electron chi connectivity index (χ1n) is 18.6. The van der Waals surface area contributed by atoms with Crippen molar-refractivity contribution in [1.82, 2.24) is 33.5 Å². The molecule has 0 saturated carbocycles. The number of imidazole rings is 2. The molecular formula is C48H29N7O. The van der Waals surface area contributed by atoms with Crippen molar-refractivity contribution in [2.75, 3.05) is 0 Å². The molecule has 0 aliphatic carbocycles. The van der Waals surface area contributed by atoms with Crippen molar-refractivity contribution in [3.8, 4) is 45.5 Å². The molecule has 0 fully saturated rings. The van der Waals surface area contributed by atoms with Crippen molar-refractivity contribution >= 4 is 60.8 Å². The summed E-state index contributed by atoms with van der Waals surface area (Å²) in [6.45, 7) is 0. The fraction of sp³-hybridized carbons (Fsp3) is 0. The van der Waals surface area contributed by atoms with E-state index in [-0.39, 0.29) is 0 Å². The average Bonchev–Trinajstić information content (AvgIpc) is 4.00. The van der Waals surface area contributed by atoms with E-state index in [1.54, 1.807) is 0 Å². The van der Waals surface area contributed by atoms with E-state index in [0.29, 0.717) is 17.6 Å². The van der Waals surface area contributed by atoms with Gasteiger partial charge in [-0.05, 0) is 65.7 Å². The van der Waals surface area contributed by atoms with E-state index in [1.165, 1.54) is 0 Å². The Labute approximate surface area is 319 Å². The standard InChI is InChI=1S/C48H29N7O/c1-4-14-30(15-5-1)44-50-45(31-16-6-2-7-17-31)52-47(51-44)54-38-22-12-10-20-35(38)37-28-32(24-26-39(37)54)33-25-27-40-41(29-33)53(34-18-8-3-9-19-34)48-49-43-36-21-11-13-23-42(36)56-46(43)55(40)48/h1-29H. The highest BCUT2D eigenvalue weighted by Crippen LogP contribution is 2.38. The lowest BCUT2D eigenvalue weighted by Gasteiger charge is -2.11. The molecule has 12 rings (SSSR count). The van der Waals surface area contributed by atoms with Crippen LogP contribution in [-0.4, -0.2) is 33.5 Å². The Morgan fingerprint density at radius 1 is 0.393 bits per heavy atom. The van der Waals surface area contributed by atoms with Crippen molar-refractivity contribution < 1.29 is 4.42 Å². The lowest BCUT2D eigenvalue weighted by molar-refractivity contribution is 0.651. The molecule has 0 saturated heterocycles. The van der Waals surface area contributed by atoms with Crippen LogP contribution in [0.25, 0.3) is 106 Å². The summed E-state index contributed by atoms with van der Waals surface area (Å²) in [7, 11) is 0. The lowest BCUT2D eigenvalue weighted by Crippen LogP contribution is -2.06. The molecule has 0 bridgehead atoms. The predicted molar refractivity (Wildman–Crippen MR) is 223 cm³/mol. The minimum atomic E-state index is 0.569. The number of rotatable bonds is 5. The Bertz CT molecular complexity index is 3410. The number of furan rings is 1. The first kappa shape index (κ1) is 30.6. The third-order valence-corrected chi connectivity index (χ3v) is 10.7. The van der Waals surface area contributed by atoms with Crippen molar-refractivity contribution in [2.45, 2.75) is 0 Å². The number of fused-ring (bicyclic) bond motifs is 10. The number of aromatic nitrogens is 7. The molecule has 0 aliphatic rings. The van der Waals surface area contributed by atoms with Gasteiger partial charge < -0.3 is 4.42 Å². The van der Waals surface area contributed by atoms with Crippen molar-refractivity contribution in [1.29, 1.82) is 0 Å². The summed E-state index contributed by atoms with van der Waals surface area (Å²) in [6, 6.07) is 60.4. The largest absolute Gasteiger partial charge is 0.437 e. The Balaban J connectivity index is 1.07. The molecule has 0 unspecified atom stereocenters. The first-order chi connectivity index (χ1) is 27.8. The maximum atomic E-state index is 6.44. The van der Waals surface area contributed by atoms with E-state index in [2.05, 4.69) is 105 Å². The number of nitrogens with zero attached hydrogens (tertiary/aromatic N) is 7. The topological polar surface area (TPSA) is 79.0 Å². The SMILES string of the molecule is c1ccc(-c2nc(-c3ccccc3)nc(-n3c4ccccc4c4cc(-c5ccc6c(c5)n(-c5ccccc5)c5nc7c8ccccc8oc7n65)ccc43)n2)cc1. The van der Waals surface area contributed by atoms with Gasteiger partial charge >= 0.3 is 0 Å². The molecule has 5 heterocycles. The Hall–Kier alpha value is -7.84. The molecule has 0 spiro atoms. The van der Waals surface area contributed by atoms with E-state index in [1.807, 2.05) is 84.9 Å². The van der Waals surface area contributed by atoms with Gasteiger partial charge in [0.05, 0.1) is 22.1 Å². The minimum Gasteiger partial charge on any atom is -0.437 e. The second-order valence-corrected chi connectivity index (χ2v) is 14.0. The van der Waals surface area contributed by atoms with Crippen LogP contribution < -0.4 is 0 Å². The van der Waals surface area contributed by atoms with Gasteiger partial charge in [-0.1, -0.05) is 121 Å². The molecule has 8 nitrogen and oxygen atoms in total. The summed E-state index contributed by atoms with van der Waals surface area (Å²) < 4.78 is 13.0. The zero-order chi connectivity index (χ0) is 36.7. The van der Waals surface area contributed by atoms with Gasteiger partial charge in [-0.3, -0.25) is 9.13 Å². The van der Waals surface area contributed by atoms with Crippen LogP contribution in [0.4, 0.5) is 0 Å². The van der Waals surface area contributed by atoms with Crippen molar-refractivity contribution in [2.24, 2.45) is 0 Å². The number of para-hydroxylation sites is 3. The number of hydrogen-bond acceptors (Lipinski definition) is 5. The van der Waals surface area contributed by atoms with Gasteiger partial charge in [0.2, 0.25) is 17.4 Å². The summed E-state index contributed by atoms with van der Waals surface area (Å²) in [5, 5.41) is 3.23. The monoisotopic (exact) mass is 719 g/mol. The van der Waals surface area contributed by atoms with Crippen LogP contribution in [0.15, 0.2) is 180 Å². The molecule has 8 heteroatoms. The normalized spacial score (nSPS) is 11.9. The maximum Gasteiger partial charge on any atom is 0.238 e. The van der Waals surface area contributed by atoms with Crippen LogP contribution in [0.2, 0.25) is 0 Å². The van der Waals surface area contributed by atoms with E-state index < -0.39 is 0 Å². The first-order valence-corrected chi connectivity index (χ1v) is 18.6. The zero-order valence-electron chi connectivity index (χ0n) is 29.8. The van der Waals surface area contributed by atoms with E-state index in [4.69, 9.17) is 24.4 Å². The van der Waals surface area contributed by atoms with Gasteiger partial charge in [-0.15, -0.1) is 0 Å². The van der Waals surface area contributed by atoms with Crippen molar-refractivity contribution in [3.05, 3.63) is 176 Å². The van der Waals surface area contributed by atoms with Gasteiger partial charge in [-0.25, -0.2) is 14.4 Å². The quantitative estimate of drug-likeness (QED) is 0.177. The second kappa shape index (κ2) is 11.8. The summed E-state index contributed by atoms with van der Waals surface area (Å²) in [4.78, 5) is 20.3. The Kier molecular flexibility index (Phi) is 6.47. The molecule has 0 N–H and O–H groups in total. The van der Waals surface area contributed by atoms with Crippen molar-refractivity contribution in [3.63, 3.8) is 0 Å². The highest BCUT2D eigenvalue weighted by atomic mass is 16.3. The molecule has 0 radical (unpaired) electrons. The van der Waals surface area contributed by atoms with Crippen LogP contribution in [0, 0.1) is 0 Å². The highest BCUT2D eigenvalue weighted by molar-refractivity contribution is 6.10. The summed E-state index contributed by atoms with van der Waals surface area (Å²) in [5.74, 6) is 2.62. The van der Waals surface area contributed by atoms with Gasteiger partial charge in [0.1, 0.15) is 11.1 Å². The lowest BCUT2D eigenvalue weighted by atomic mass is 10.0. The smallest absolute Gasteiger partial charge is 0.238 e. The molecule has 56 heavy (non-hydrogen) atoms. The fourth-order valence-electron chi connectivity index (χ4n) is 8.16. The molecule has 0 amide bonds. The Morgan fingerprint density at radius 2 is 0.982 bits per heavy atom. The maximum absolute atomic E-state index is 6.44. The summed E-state index contributed by atoms with van der Waals surface area (Å²) in [5.41, 5.74) is 11.6. The molecular weight excluding hydrogens is 691 g/mol. The van der Waals surface area contributed by atoms with E-state index in [9.17, 15) is 0 Å². The molecule has 5 aromatic heterocycles. The van der Waals surface area contributed by atoms with Crippen LogP contribution in [0.5, 0.6) is 0 Å². The molecule has 12 aromatic rings. The number of hydrogen-bond donors (Lipinski definition) is 0. The average molecular weight is 720 g/mol. The Morgan fingerprint density at radius 3 is 1.71 bits per heavy atom. The third-order valence-electron chi connectivity index (χ3n) is 10.7. The van der Waals surface area contributed by atoms with Gasteiger partial charge in [0.25, 0.3) is 0 Å². The van der Waals surface area contributed by atoms with Gasteiger partial charge in [0, 0.05) is 33.0 Å². The highest BCUT2D eigenvalue weighted by Gasteiger charge is 2.23. The molecule has 7 aromatic carbocycles. The molecule has 262 valence electrons. The van der Waals surface area contributed by atoms with E-state index in [0.717, 1.165) is 88.8 Å². The molecule has 0 aliphatic heterocycles. The van der Waals surface area contributed by atoms with Crippen LogP contribution >= 0.6 is 0 Å². The van der Waals surface area contributed by atoms with Crippen LogP contribution in [0.3, 0.4) is 0 Å². The molecule has 0 atom stereocenters. The fourth-order valence-corrected chi connectivity index (χ4v) is 8.16. The van der Waals surface area contributed by atoms with Gasteiger partial charge in [0.15, 0.2) is 11.6 Å². The minimum absolute atomic E-state index is 0.569. The van der Waals surface area contributed by atoms with Crippen LogP contribution in [0.1, 0.15) is 0 Å². The summed E-state index contributed by atoms with van der Waals surface area (Å²) in [6.07, 6.45) is 0. The van der Waals surface area contributed by atoms with Gasteiger partial charge in [-0.2, -0.15) is 9.97 Å². The predicted octanol–water partition coefficient (Wildman–Crippen LogP) is 11.5. The zero-order valence-corrected chi connectivity index (χ0v) is 29.8. The number of benzene rings is 7. The van der Waals surface area contributed by atoms with E-state index >= 15 is 0 Å².